The van der Waals surface area contributed by atoms with Gasteiger partial charge >= 0.3 is 0 Å². The van der Waals surface area contributed by atoms with Gasteiger partial charge in [0.1, 0.15) is 0 Å². The molecular formula is C24H30N8O3. The molecule has 11 heteroatoms. The highest BCUT2D eigenvalue weighted by molar-refractivity contribution is 5.90. The first-order valence-electron chi connectivity index (χ1n) is 11.6. The molecule has 0 aliphatic carbocycles. The molecule has 1 aromatic carbocycles. The molecule has 0 aliphatic rings. The lowest BCUT2D eigenvalue weighted by molar-refractivity contribution is -0.121. The molecule has 184 valence electrons. The Morgan fingerprint density at radius 3 is 2.80 bits per heavy atom. The van der Waals surface area contributed by atoms with Crippen molar-refractivity contribution < 1.29 is 9.32 Å². The van der Waals surface area contributed by atoms with Crippen LogP contribution in [0.1, 0.15) is 18.7 Å². The second-order valence-corrected chi connectivity index (χ2v) is 8.48. The summed E-state index contributed by atoms with van der Waals surface area (Å²) in [6.45, 7) is 2.84. The van der Waals surface area contributed by atoms with Crippen LogP contribution in [0.4, 0.5) is 5.82 Å². The number of nitrogens with zero attached hydrogens (tertiary/aromatic N) is 5. The fraction of sp³-hybridized carbons (Fsp3) is 0.375. The van der Waals surface area contributed by atoms with E-state index in [0.717, 1.165) is 24.2 Å². The van der Waals surface area contributed by atoms with E-state index in [1.54, 1.807) is 6.07 Å². The Labute approximate surface area is 202 Å². The molecule has 4 rings (SSSR count). The fourth-order valence-electron chi connectivity index (χ4n) is 3.66. The van der Waals surface area contributed by atoms with Crippen molar-refractivity contribution in [1.82, 2.24) is 35.1 Å². The molecule has 4 aromatic rings. The molecule has 0 saturated heterocycles. The maximum atomic E-state index is 12.2. The highest BCUT2D eigenvalue weighted by Gasteiger charge is 2.13. The van der Waals surface area contributed by atoms with Gasteiger partial charge in [-0.05, 0) is 38.7 Å². The summed E-state index contributed by atoms with van der Waals surface area (Å²) in [6, 6.07) is 11.2. The maximum absolute atomic E-state index is 12.2. The molecule has 3 heterocycles. The number of hydrogen-bond donors (Lipinski definition) is 3. The summed E-state index contributed by atoms with van der Waals surface area (Å²) in [5.74, 6) is 1.50. The molecule has 0 saturated carbocycles. The number of aromatic nitrogens is 5. The van der Waals surface area contributed by atoms with Crippen molar-refractivity contribution >= 4 is 22.5 Å². The first-order valence-corrected chi connectivity index (χ1v) is 11.6. The van der Waals surface area contributed by atoms with Crippen LogP contribution in [0, 0.1) is 0 Å². The van der Waals surface area contributed by atoms with Crippen LogP contribution in [0.15, 0.2) is 51.9 Å². The summed E-state index contributed by atoms with van der Waals surface area (Å²) < 4.78 is 7.43. The van der Waals surface area contributed by atoms with E-state index in [2.05, 4.69) is 40.4 Å². The number of amides is 1. The highest BCUT2D eigenvalue weighted by atomic mass is 16.5. The van der Waals surface area contributed by atoms with Gasteiger partial charge in [0, 0.05) is 50.6 Å². The van der Waals surface area contributed by atoms with Crippen LogP contribution in [0.5, 0.6) is 0 Å². The topological polar surface area (TPSA) is 134 Å². The third-order valence-electron chi connectivity index (χ3n) is 5.54. The number of anilines is 1. The van der Waals surface area contributed by atoms with Crippen molar-refractivity contribution in [1.29, 1.82) is 0 Å². The van der Waals surface area contributed by atoms with Gasteiger partial charge in [-0.25, -0.2) is 5.10 Å². The highest BCUT2D eigenvalue weighted by Crippen LogP contribution is 2.18. The van der Waals surface area contributed by atoms with Crippen molar-refractivity contribution in [3.63, 3.8) is 0 Å². The standard InChI is InChI=1S/C24H30N8O3/c1-31(2)15-16-32-14-5-9-19(32)23-27-21(35-30-23)11-10-20(33)25-12-6-13-26-22-17-7-3-4-8-18(17)24(34)29-28-22/h3-5,7-9,14H,6,10-13,15-16H2,1-2H3,(H,25,33)(H,26,28)(H,29,34). The molecule has 0 radical (unpaired) electrons. The van der Waals surface area contributed by atoms with Crippen LogP contribution in [0.2, 0.25) is 0 Å². The second-order valence-electron chi connectivity index (χ2n) is 8.48. The van der Waals surface area contributed by atoms with Crippen LogP contribution in [0.3, 0.4) is 0 Å². The zero-order chi connectivity index (χ0) is 24.6. The summed E-state index contributed by atoms with van der Waals surface area (Å²) in [5, 5.41) is 18.1. The SMILES string of the molecule is CN(C)CCn1cccc1-c1noc(CCC(=O)NCCCNc2n[nH]c(=O)c3ccccc23)n1. The van der Waals surface area contributed by atoms with Gasteiger partial charge in [0.25, 0.3) is 5.56 Å². The normalized spacial score (nSPS) is 11.3. The number of aromatic amines is 1. The Morgan fingerprint density at radius 1 is 1.14 bits per heavy atom. The number of carbonyl (C=O) groups is 1. The predicted octanol–water partition coefficient (Wildman–Crippen LogP) is 1.89. The van der Waals surface area contributed by atoms with Crippen molar-refractivity contribution in [3.05, 3.63) is 58.8 Å². The zero-order valence-electron chi connectivity index (χ0n) is 20.0. The van der Waals surface area contributed by atoms with Crippen LogP contribution < -0.4 is 16.2 Å². The van der Waals surface area contributed by atoms with E-state index in [-0.39, 0.29) is 17.9 Å². The Kier molecular flexibility index (Phi) is 7.88. The van der Waals surface area contributed by atoms with Gasteiger partial charge in [-0.3, -0.25) is 9.59 Å². The Morgan fingerprint density at radius 2 is 1.97 bits per heavy atom. The molecule has 3 aromatic heterocycles. The van der Waals surface area contributed by atoms with E-state index in [1.807, 2.05) is 50.6 Å². The van der Waals surface area contributed by atoms with E-state index in [4.69, 9.17) is 4.52 Å². The molecule has 0 unspecified atom stereocenters. The van der Waals surface area contributed by atoms with E-state index in [1.165, 1.54) is 0 Å². The molecule has 0 atom stereocenters. The first kappa shape index (κ1) is 24.1. The van der Waals surface area contributed by atoms with E-state index >= 15 is 0 Å². The molecule has 11 nitrogen and oxygen atoms in total. The quantitative estimate of drug-likeness (QED) is 0.263. The average Bonchev–Trinajstić information content (AvgIpc) is 3.52. The first-order chi connectivity index (χ1) is 17.0. The van der Waals surface area contributed by atoms with Crippen LogP contribution in [0.25, 0.3) is 22.3 Å². The van der Waals surface area contributed by atoms with Gasteiger partial charge in [0.15, 0.2) is 5.82 Å². The van der Waals surface area contributed by atoms with Gasteiger partial charge in [-0.2, -0.15) is 10.1 Å². The largest absolute Gasteiger partial charge is 0.368 e. The third kappa shape index (κ3) is 6.33. The number of hydrogen-bond acceptors (Lipinski definition) is 8. The van der Waals surface area contributed by atoms with Gasteiger partial charge in [-0.1, -0.05) is 23.4 Å². The number of aryl methyl sites for hydroxylation is 1. The van der Waals surface area contributed by atoms with Crippen molar-refractivity contribution in [2.45, 2.75) is 25.8 Å². The Bertz CT molecular complexity index is 1320. The lowest BCUT2D eigenvalue weighted by atomic mass is 10.2. The monoisotopic (exact) mass is 478 g/mol. The molecule has 3 N–H and O–H groups in total. The lowest BCUT2D eigenvalue weighted by Gasteiger charge is -2.11. The molecule has 0 bridgehead atoms. The Balaban J connectivity index is 1.19. The van der Waals surface area contributed by atoms with Gasteiger partial charge in [0.2, 0.25) is 17.6 Å². The van der Waals surface area contributed by atoms with E-state index in [0.29, 0.717) is 48.9 Å². The zero-order valence-corrected chi connectivity index (χ0v) is 20.0. The van der Waals surface area contributed by atoms with Crippen molar-refractivity contribution in [2.24, 2.45) is 0 Å². The summed E-state index contributed by atoms with van der Waals surface area (Å²) in [4.78, 5) is 30.6. The number of H-pyrrole nitrogens is 1. The smallest absolute Gasteiger partial charge is 0.272 e. The van der Waals surface area contributed by atoms with Crippen LogP contribution in [-0.4, -0.2) is 69.4 Å². The van der Waals surface area contributed by atoms with E-state index in [9.17, 15) is 9.59 Å². The minimum Gasteiger partial charge on any atom is -0.368 e. The van der Waals surface area contributed by atoms with Crippen molar-refractivity contribution in [2.75, 3.05) is 39.0 Å². The summed E-state index contributed by atoms with van der Waals surface area (Å²) in [7, 11) is 4.06. The fourth-order valence-corrected chi connectivity index (χ4v) is 3.66. The predicted molar refractivity (Wildman–Crippen MR) is 133 cm³/mol. The molecule has 0 fully saturated rings. The molecule has 35 heavy (non-hydrogen) atoms. The lowest BCUT2D eigenvalue weighted by Crippen LogP contribution is -2.26. The third-order valence-corrected chi connectivity index (χ3v) is 5.54. The summed E-state index contributed by atoms with van der Waals surface area (Å²) in [6.07, 6.45) is 3.34. The number of rotatable bonds is 12. The summed E-state index contributed by atoms with van der Waals surface area (Å²) >= 11 is 0. The summed E-state index contributed by atoms with van der Waals surface area (Å²) in [5.41, 5.74) is 0.675. The molecule has 0 aliphatic heterocycles. The van der Waals surface area contributed by atoms with Crippen molar-refractivity contribution in [3.8, 4) is 11.5 Å². The number of nitrogens with one attached hydrogen (secondary N) is 3. The molecular weight excluding hydrogens is 448 g/mol. The van der Waals surface area contributed by atoms with Gasteiger partial charge in [0.05, 0.1) is 11.1 Å². The number of benzene rings is 1. The van der Waals surface area contributed by atoms with Gasteiger partial charge < -0.3 is 24.6 Å². The second kappa shape index (κ2) is 11.4. The van der Waals surface area contributed by atoms with Gasteiger partial charge in [-0.15, -0.1) is 0 Å². The molecule has 0 spiro atoms. The van der Waals surface area contributed by atoms with Crippen LogP contribution >= 0.6 is 0 Å². The number of fused-ring (bicyclic) bond motifs is 1. The number of likely N-dealkylation sites (N-methyl/N-ethyl adjacent to an activating group) is 1. The number of carbonyl (C=O) groups excluding carboxylic acids is 1. The maximum Gasteiger partial charge on any atom is 0.272 e. The van der Waals surface area contributed by atoms with Crippen LogP contribution in [-0.2, 0) is 17.8 Å². The average molecular weight is 479 g/mol. The minimum atomic E-state index is -0.218. The minimum absolute atomic E-state index is 0.0771. The Hall–Kier alpha value is -3.99. The molecule has 1 amide bonds. The van der Waals surface area contributed by atoms with E-state index < -0.39 is 0 Å².